The van der Waals surface area contributed by atoms with Crippen LogP contribution in [0.25, 0.3) is 0 Å². The lowest BCUT2D eigenvalue weighted by molar-refractivity contribution is -0.115. The Labute approximate surface area is 116 Å². The predicted octanol–water partition coefficient (Wildman–Crippen LogP) is 3.39. The van der Waals surface area contributed by atoms with Crippen LogP contribution in [0.4, 0.5) is 5.69 Å². The summed E-state index contributed by atoms with van der Waals surface area (Å²) < 4.78 is 0. The summed E-state index contributed by atoms with van der Waals surface area (Å²) in [5.41, 5.74) is 2.16. The molecule has 0 unspecified atom stereocenters. The van der Waals surface area contributed by atoms with Gasteiger partial charge in [-0.1, -0.05) is 23.7 Å². The van der Waals surface area contributed by atoms with E-state index in [0.717, 1.165) is 5.56 Å². The van der Waals surface area contributed by atoms with E-state index in [2.05, 4.69) is 5.32 Å². The number of carbonyl (C=O) groups is 1. The van der Waals surface area contributed by atoms with Crippen molar-refractivity contribution >= 4 is 23.2 Å². The largest absolute Gasteiger partial charge is 0.326 e. The molecule has 94 valence electrons. The minimum atomic E-state index is -0.105. The summed E-state index contributed by atoms with van der Waals surface area (Å²) in [6, 6.07) is 15.9. The zero-order valence-corrected chi connectivity index (χ0v) is 10.8. The summed E-state index contributed by atoms with van der Waals surface area (Å²) in [6.45, 7) is 0. The van der Waals surface area contributed by atoms with Crippen LogP contribution in [0.2, 0.25) is 5.02 Å². The second kappa shape index (κ2) is 6.03. The van der Waals surface area contributed by atoms with Gasteiger partial charge < -0.3 is 5.32 Å². The SMILES string of the molecule is N#Cc1ccc(CC(=O)Nc2ccc(Cl)cc2)cc1. The molecule has 0 atom stereocenters. The average molecular weight is 271 g/mol. The summed E-state index contributed by atoms with van der Waals surface area (Å²) in [5, 5.41) is 12.1. The standard InChI is InChI=1S/C15H11ClN2O/c16-13-5-7-14(8-6-13)18-15(19)9-11-1-3-12(10-17)4-2-11/h1-8H,9H2,(H,18,19). The molecule has 2 rings (SSSR count). The van der Waals surface area contributed by atoms with E-state index in [0.29, 0.717) is 16.3 Å². The zero-order valence-electron chi connectivity index (χ0n) is 10.1. The van der Waals surface area contributed by atoms with Crippen molar-refractivity contribution in [3.05, 3.63) is 64.7 Å². The first-order valence-electron chi connectivity index (χ1n) is 5.72. The number of nitriles is 1. The Kier molecular flexibility index (Phi) is 4.17. The molecular weight excluding hydrogens is 260 g/mol. The molecule has 0 saturated carbocycles. The smallest absolute Gasteiger partial charge is 0.228 e. The van der Waals surface area contributed by atoms with E-state index >= 15 is 0 Å². The fraction of sp³-hybridized carbons (Fsp3) is 0.0667. The van der Waals surface area contributed by atoms with Crippen LogP contribution in [0.3, 0.4) is 0 Å². The maximum Gasteiger partial charge on any atom is 0.228 e. The minimum Gasteiger partial charge on any atom is -0.326 e. The molecule has 2 aromatic carbocycles. The number of hydrogen-bond acceptors (Lipinski definition) is 2. The number of amides is 1. The van der Waals surface area contributed by atoms with Gasteiger partial charge in [0.05, 0.1) is 18.1 Å². The third-order valence-electron chi connectivity index (χ3n) is 2.58. The predicted molar refractivity (Wildman–Crippen MR) is 74.9 cm³/mol. The van der Waals surface area contributed by atoms with Crippen LogP contribution in [0.5, 0.6) is 0 Å². The van der Waals surface area contributed by atoms with Crippen LogP contribution in [0.15, 0.2) is 48.5 Å². The first-order chi connectivity index (χ1) is 9.17. The molecule has 0 aliphatic heterocycles. The third-order valence-corrected chi connectivity index (χ3v) is 2.83. The topological polar surface area (TPSA) is 52.9 Å². The first-order valence-corrected chi connectivity index (χ1v) is 6.09. The van der Waals surface area contributed by atoms with Crippen LogP contribution in [0.1, 0.15) is 11.1 Å². The Morgan fingerprint density at radius 2 is 1.74 bits per heavy atom. The fourth-order valence-corrected chi connectivity index (χ4v) is 1.75. The van der Waals surface area contributed by atoms with E-state index < -0.39 is 0 Å². The van der Waals surface area contributed by atoms with E-state index in [9.17, 15) is 4.79 Å². The highest BCUT2D eigenvalue weighted by Crippen LogP contribution is 2.14. The van der Waals surface area contributed by atoms with Gasteiger partial charge in [0, 0.05) is 10.7 Å². The molecule has 0 saturated heterocycles. The number of hydrogen-bond donors (Lipinski definition) is 1. The molecule has 0 radical (unpaired) electrons. The van der Waals surface area contributed by atoms with E-state index in [-0.39, 0.29) is 12.3 Å². The van der Waals surface area contributed by atoms with Gasteiger partial charge in [-0.15, -0.1) is 0 Å². The van der Waals surface area contributed by atoms with E-state index in [4.69, 9.17) is 16.9 Å². The number of rotatable bonds is 3. The van der Waals surface area contributed by atoms with E-state index in [1.165, 1.54) is 0 Å². The van der Waals surface area contributed by atoms with Gasteiger partial charge in [-0.2, -0.15) is 5.26 Å². The molecule has 0 spiro atoms. The Bertz CT molecular complexity index is 612. The monoisotopic (exact) mass is 270 g/mol. The lowest BCUT2D eigenvalue weighted by atomic mass is 10.1. The zero-order chi connectivity index (χ0) is 13.7. The third kappa shape index (κ3) is 3.84. The van der Waals surface area contributed by atoms with Crippen molar-refractivity contribution in [3.8, 4) is 6.07 Å². The summed E-state index contributed by atoms with van der Waals surface area (Å²) in [4.78, 5) is 11.8. The molecule has 2 aromatic rings. The molecule has 0 aliphatic carbocycles. The Balaban J connectivity index is 1.97. The Hall–Kier alpha value is -2.31. The van der Waals surface area contributed by atoms with Crippen molar-refractivity contribution in [1.29, 1.82) is 5.26 Å². The Morgan fingerprint density at radius 1 is 1.11 bits per heavy atom. The van der Waals surface area contributed by atoms with Gasteiger partial charge in [-0.05, 0) is 42.0 Å². The number of anilines is 1. The summed E-state index contributed by atoms with van der Waals surface area (Å²) in [5.74, 6) is -0.105. The van der Waals surface area contributed by atoms with Gasteiger partial charge in [-0.3, -0.25) is 4.79 Å². The van der Waals surface area contributed by atoms with Gasteiger partial charge in [0.1, 0.15) is 0 Å². The highest BCUT2D eigenvalue weighted by Gasteiger charge is 2.04. The molecule has 1 amide bonds. The molecule has 0 bridgehead atoms. The van der Waals surface area contributed by atoms with Crippen LogP contribution in [-0.4, -0.2) is 5.91 Å². The number of nitrogens with one attached hydrogen (secondary N) is 1. The number of benzene rings is 2. The van der Waals surface area contributed by atoms with Crippen molar-refractivity contribution in [2.24, 2.45) is 0 Å². The maximum absolute atomic E-state index is 11.8. The average Bonchev–Trinajstić information content (AvgIpc) is 2.42. The number of nitrogens with zero attached hydrogens (tertiary/aromatic N) is 1. The van der Waals surface area contributed by atoms with Crippen molar-refractivity contribution < 1.29 is 4.79 Å². The van der Waals surface area contributed by atoms with Crippen molar-refractivity contribution in [2.45, 2.75) is 6.42 Å². The summed E-state index contributed by atoms with van der Waals surface area (Å²) >= 11 is 5.77. The molecule has 1 N–H and O–H groups in total. The van der Waals surface area contributed by atoms with Gasteiger partial charge in [-0.25, -0.2) is 0 Å². The molecule has 0 heterocycles. The number of halogens is 1. The fourth-order valence-electron chi connectivity index (χ4n) is 1.62. The molecule has 0 aliphatic rings. The van der Waals surface area contributed by atoms with Crippen LogP contribution in [-0.2, 0) is 11.2 Å². The quantitative estimate of drug-likeness (QED) is 0.929. The van der Waals surface area contributed by atoms with Crippen LogP contribution < -0.4 is 5.32 Å². The lowest BCUT2D eigenvalue weighted by Crippen LogP contribution is -2.14. The second-order valence-electron chi connectivity index (χ2n) is 4.04. The summed E-state index contributed by atoms with van der Waals surface area (Å²) in [7, 11) is 0. The number of carbonyl (C=O) groups excluding carboxylic acids is 1. The molecule has 19 heavy (non-hydrogen) atoms. The Morgan fingerprint density at radius 3 is 2.32 bits per heavy atom. The molecular formula is C15H11ClN2O. The molecule has 0 aromatic heterocycles. The minimum absolute atomic E-state index is 0.105. The van der Waals surface area contributed by atoms with E-state index in [1.807, 2.05) is 6.07 Å². The van der Waals surface area contributed by atoms with Crippen molar-refractivity contribution in [2.75, 3.05) is 5.32 Å². The van der Waals surface area contributed by atoms with Crippen molar-refractivity contribution in [1.82, 2.24) is 0 Å². The van der Waals surface area contributed by atoms with Crippen LogP contribution >= 0.6 is 11.6 Å². The maximum atomic E-state index is 11.8. The van der Waals surface area contributed by atoms with Gasteiger partial charge >= 0.3 is 0 Å². The second-order valence-corrected chi connectivity index (χ2v) is 4.48. The highest BCUT2D eigenvalue weighted by atomic mass is 35.5. The van der Waals surface area contributed by atoms with Crippen LogP contribution in [0, 0.1) is 11.3 Å². The first kappa shape index (κ1) is 13.1. The lowest BCUT2D eigenvalue weighted by Gasteiger charge is -2.05. The van der Waals surface area contributed by atoms with Crippen molar-refractivity contribution in [3.63, 3.8) is 0 Å². The normalized spacial score (nSPS) is 9.68. The highest BCUT2D eigenvalue weighted by molar-refractivity contribution is 6.30. The molecule has 4 heteroatoms. The summed E-state index contributed by atoms with van der Waals surface area (Å²) in [6.07, 6.45) is 0.272. The van der Waals surface area contributed by atoms with Gasteiger partial charge in [0.2, 0.25) is 5.91 Å². The molecule has 3 nitrogen and oxygen atoms in total. The van der Waals surface area contributed by atoms with Gasteiger partial charge in [0.15, 0.2) is 0 Å². The molecule has 0 fully saturated rings. The van der Waals surface area contributed by atoms with E-state index in [1.54, 1.807) is 48.5 Å². The van der Waals surface area contributed by atoms with Gasteiger partial charge in [0.25, 0.3) is 0 Å².